The Balaban J connectivity index is 1.33. The molecule has 3 heterocycles. The number of esters is 1. The number of aromatic nitrogens is 3. The Morgan fingerprint density at radius 1 is 1.16 bits per heavy atom. The minimum Gasteiger partial charge on any atom is -0.454 e. The van der Waals surface area contributed by atoms with Crippen LogP contribution in [-0.4, -0.2) is 46.6 Å². The summed E-state index contributed by atoms with van der Waals surface area (Å²) in [7, 11) is 1.66. The minimum absolute atomic E-state index is 0.0933. The Bertz CT molecular complexity index is 1490. The second-order valence-corrected chi connectivity index (χ2v) is 11.4. The first-order chi connectivity index (χ1) is 17.9. The SMILES string of the molecule is COC[C@H](C)n1c(C)cc(C(=O)COC(=O)c2ccccc2Sc2ncnc3sc4c(c23)CCC4)c1C. The van der Waals surface area contributed by atoms with Gasteiger partial charge in [0.05, 0.1) is 18.2 Å². The lowest BCUT2D eigenvalue weighted by Gasteiger charge is -2.17. The summed E-state index contributed by atoms with van der Waals surface area (Å²) in [6.07, 6.45) is 4.86. The van der Waals surface area contributed by atoms with E-state index in [0.717, 1.165) is 50.8 Å². The van der Waals surface area contributed by atoms with Crippen LogP contribution in [0.4, 0.5) is 0 Å². The summed E-state index contributed by atoms with van der Waals surface area (Å²) < 4.78 is 12.9. The second-order valence-electron chi connectivity index (χ2n) is 9.27. The Kier molecular flexibility index (Phi) is 7.46. The molecule has 0 unspecified atom stereocenters. The standard InChI is InChI=1S/C28H29N3O4S2/c1-16-12-21(18(3)31(16)17(2)13-34-4)22(32)14-35-28(33)20-8-5-6-10-24(20)37-27-25-19-9-7-11-23(19)36-26(25)29-15-30-27/h5-6,8,10,12,15,17H,7,9,11,13-14H2,1-4H3/t17-/m0/s1. The van der Waals surface area contributed by atoms with Crippen LogP contribution in [0.15, 0.2) is 46.6 Å². The normalized spacial score (nSPS) is 13.6. The molecule has 9 heteroatoms. The maximum Gasteiger partial charge on any atom is 0.339 e. The first-order valence-electron chi connectivity index (χ1n) is 12.3. The number of Topliss-reactive ketones (excluding diaryl/α,β-unsaturated/α-hetero) is 1. The number of hydrogen-bond acceptors (Lipinski definition) is 8. The van der Waals surface area contributed by atoms with Gasteiger partial charge >= 0.3 is 5.97 Å². The molecule has 0 bridgehead atoms. The summed E-state index contributed by atoms with van der Waals surface area (Å²) in [5.41, 5.74) is 4.12. The van der Waals surface area contributed by atoms with E-state index in [1.165, 1.54) is 22.2 Å². The van der Waals surface area contributed by atoms with E-state index in [-0.39, 0.29) is 18.4 Å². The molecular formula is C28H29N3O4S2. The van der Waals surface area contributed by atoms with Gasteiger partial charge in [0.15, 0.2) is 6.61 Å². The van der Waals surface area contributed by atoms with Gasteiger partial charge in [-0.25, -0.2) is 14.8 Å². The van der Waals surface area contributed by atoms with E-state index < -0.39 is 5.97 Å². The van der Waals surface area contributed by atoms with Gasteiger partial charge in [-0.05, 0) is 63.8 Å². The number of carbonyl (C=O) groups excluding carboxylic acids is 2. The number of rotatable bonds is 9. The lowest BCUT2D eigenvalue weighted by Crippen LogP contribution is -2.17. The summed E-state index contributed by atoms with van der Waals surface area (Å²) >= 11 is 3.18. The zero-order valence-corrected chi connectivity index (χ0v) is 23.0. The largest absolute Gasteiger partial charge is 0.454 e. The van der Waals surface area contributed by atoms with Gasteiger partial charge in [-0.3, -0.25) is 4.79 Å². The topological polar surface area (TPSA) is 83.3 Å². The third-order valence-electron chi connectivity index (χ3n) is 6.75. The van der Waals surface area contributed by atoms with E-state index in [2.05, 4.69) is 14.5 Å². The molecule has 1 aromatic carbocycles. The van der Waals surface area contributed by atoms with E-state index in [4.69, 9.17) is 9.47 Å². The van der Waals surface area contributed by atoms with Gasteiger partial charge < -0.3 is 14.0 Å². The molecule has 37 heavy (non-hydrogen) atoms. The van der Waals surface area contributed by atoms with E-state index in [0.29, 0.717) is 17.7 Å². The van der Waals surface area contributed by atoms with Crippen molar-refractivity contribution in [2.24, 2.45) is 0 Å². The Morgan fingerprint density at radius 3 is 2.78 bits per heavy atom. The monoisotopic (exact) mass is 535 g/mol. The summed E-state index contributed by atoms with van der Waals surface area (Å²) in [4.78, 5) is 38.3. The molecule has 5 rings (SSSR count). The summed E-state index contributed by atoms with van der Waals surface area (Å²) in [6, 6.07) is 9.23. The number of ether oxygens (including phenoxy) is 2. The van der Waals surface area contributed by atoms with Crippen LogP contribution in [0.25, 0.3) is 10.2 Å². The third kappa shape index (κ3) is 4.95. The van der Waals surface area contributed by atoms with Gasteiger partial charge in [-0.2, -0.15) is 0 Å². The first-order valence-corrected chi connectivity index (χ1v) is 13.9. The van der Waals surface area contributed by atoms with Crippen molar-refractivity contribution in [1.29, 1.82) is 0 Å². The van der Waals surface area contributed by atoms with Crippen molar-refractivity contribution >= 4 is 45.1 Å². The highest BCUT2D eigenvalue weighted by molar-refractivity contribution is 7.99. The molecule has 4 aromatic rings. The van der Waals surface area contributed by atoms with Crippen LogP contribution in [0.1, 0.15) is 61.9 Å². The van der Waals surface area contributed by atoms with Gasteiger partial charge in [-0.15, -0.1) is 11.3 Å². The minimum atomic E-state index is -0.529. The van der Waals surface area contributed by atoms with E-state index in [1.54, 1.807) is 36.9 Å². The zero-order chi connectivity index (χ0) is 26.1. The third-order valence-corrected chi connectivity index (χ3v) is 9.03. The number of thiophene rings is 1. The fourth-order valence-electron chi connectivity index (χ4n) is 5.15. The lowest BCUT2D eigenvalue weighted by molar-refractivity contribution is 0.0471. The molecule has 3 aromatic heterocycles. The van der Waals surface area contributed by atoms with Gasteiger partial charge in [0.2, 0.25) is 5.78 Å². The lowest BCUT2D eigenvalue weighted by atomic mass is 10.1. The highest BCUT2D eigenvalue weighted by Crippen LogP contribution is 2.42. The van der Waals surface area contributed by atoms with Crippen molar-refractivity contribution in [3.63, 3.8) is 0 Å². The number of carbonyl (C=O) groups is 2. The second kappa shape index (κ2) is 10.8. The van der Waals surface area contributed by atoms with Crippen LogP contribution in [0.3, 0.4) is 0 Å². The predicted octanol–water partition coefficient (Wildman–Crippen LogP) is 6.00. The van der Waals surface area contributed by atoms with Crippen LogP contribution < -0.4 is 0 Å². The van der Waals surface area contributed by atoms with Gasteiger partial charge in [0, 0.05) is 39.2 Å². The molecule has 192 valence electrons. The summed E-state index contributed by atoms with van der Waals surface area (Å²) in [5, 5.41) is 1.94. The van der Waals surface area contributed by atoms with E-state index >= 15 is 0 Å². The number of hydrogen-bond donors (Lipinski definition) is 0. The van der Waals surface area contributed by atoms with Crippen molar-refractivity contribution in [3.05, 3.63) is 69.6 Å². The molecule has 1 atom stereocenters. The smallest absolute Gasteiger partial charge is 0.339 e. The molecule has 0 saturated carbocycles. The molecule has 1 aliphatic carbocycles. The van der Waals surface area contributed by atoms with Crippen molar-refractivity contribution in [2.75, 3.05) is 20.3 Å². The van der Waals surface area contributed by atoms with Crippen LogP contribution in [0, 0.1) is 13.8 Å². The quantitative estimate of drug-likeness (QED) is 0.148. The van der Waals surface area contributed by atoms with Crippen LogP contribution >= 0.6 is 23.1 Å². The van der Waals surface area contributed by atoms with Crippen molar-refractivity contribution in [3.8, 4) is 0 Å². The maximum atomic E-state index is 13.1. The number of benzene rings is 1. The highest BCUT2D eigenvalue weighted by Gasteiger charge is 2.24. The van der Waals surface area contributed by atoms with Crippen molar-refractivity contribution in [1.82, 2.24) is 14.5 Å². The van der Waals surface area contributed by atoms with Crippen LogP contribution in [-0.2, 0) is 22.3 Å². The van der Waals surface area contributed by atoms with Crippen LogP contribution in [0.2, 0.25) is 0 Å². The molecular weight excluding hydrogens is 506 g/mol. The Hall–Kier alpha value is -3.01. The number of ketones is 1. The number of aryl methyl sites for hydroxylation is 3. The molecule has 0 N–H and O–H groups in total. The number of methoxy groups -OCH3 is 1. The Morgan fingerprint density at radius 2 is 1.97 bits per heavy atom. The van der Waals surface area contributed by atoms with E-state index in [9.17, 15) is 9.59 Å². The molecule has 0 aliphatic heterocycles. The van der Waals surface area contributed by atoms with Gasteiger partial charge in [0.1, 0.15) is 16.2 Å². The molecule has 0 spiro atoms. The number of fused-ring (bicyclic) bond motifs is 3. The van der Waals surface area contributed by atoms with Gasteiger partial charge in [-0.1, -0.05) is 23.9 Å². The fourth-order valence-corrected chi connectivity index (χ4v) is 7.48. The zero-order valence-electron chi connectivity index (χ0n) is 21.4. The first kappa shape index (κ1) is 25.6. The highest BCUT2D eigenvalue weighted by atomic mass is 32.2. The molecule has 0 saturated heterocycles. The predicted molar refractivity (Wildman–Crippen MR) is 145 cm³/mol. The average molecular weight is 536 g/mol. The molecule has 1 aliphatic rings. The van der Waals surface area contributed by atoms with Crippen LogP contribution in [0.5, 0.6) is 0 Å². The van der Waals surface area contributed by atoms with Crippen molar-refractivity contribution < 1.29 is 19.1 Å². The Labute approximate surface area is 224 Å². The average Bonchev–Trinajstić information content (AvgIpc) is 3.56. The number of nitrogens with zero attached hydrogens (tertiary/aromatic N) is 3. The summed E-state index contributed by atoms with van der Waals surface area (Å²) in [6.45, 7) is 6.13. The molecule has 0 radical (unpaired) electrons. The maximum absolute atomic E-state index is 13.1. The molecule has 7 nitrogen and oxygen atoms in total. The van der Waals surface area contributed by atoms with E-state index in [1.807, 2.05) is 39.0 Å². The fraction of sp³-hybridized carbons (Fsp3) is 0.357. The molecule has 0 fully saturated rings. The van der Waals surface area contributed by atoms with Crippen molar-refractivity contribution in [2.45, 2.75) is 56.0 Å². The molecule has 0 amide bonds. The summed E-state index contributed by atoms with van der Waals surface area (Å²) in [5.74, 6) is -0.757. The van der Waals surface area contributed by atoms with Gasteiger partial charge in [0.25, 0.3) is 0 Å².